The van der Waals surface area contributed by atoms with E-state index in [9.17, 15) is 14.0 Å². The van der Waals surface area contributed by atoms with Gasteiger partial charge in [-0.3, -0.25) is 14.2 Å². The van der Waals surface area contributed by atoms with Gasteiger partial charge in [-0.1, -0.05) is 54.2 Å². The molecule has 0 saturated carbocycles. The first-order valence-electron chi connectivity index (χ1n) is 10.9. The molecule has 2 aromatic heterocycles. The van der Waals surface area contributed by atoms with Crippen LogP contribution in [0.2, 0.25) is 0 Å². The van der Waals surface area contributed by atoms with Crippen molar-refractivity contribution in [1.82, 2.24) is 9.55 Å². The number of amides is 1. The molecule has 0 fully saturated rings. The summed E-state index contributed by atoms with van der Waals surface area (Å²) in [5.74, 6) is -0.114. The van der Waals surface area contributed by atoms with Gasteiger partial charge in [0.05, 0.1) is 23.7 Å². The molecule has 174 valence electrons. The van der Waals surface area contributed by atoms with Crippen molar-refractivity contribution in [2.24, 2.45) is 0 Å². The number of nitrogens with one attached hydrogen (secondary N) is 1. The minimum atomic E-state index is -0.725. The molecule has 0 bridgehead atoms. The third kappa shape index (κ3) is 5.02. The van der Waals surface area contributed by atoms with E-state index in [2.05, 4.69) is 5.32 Å². The van der Waals surface area contributed by atoms with Crippen molar-refractivity contribution in [2.45, 2.75) is 17.0 Å². The molecule has 1 amide bonds. The van der Waals surface area contributed by atoms with E-state index in [1.165, 1.54) is 40.6 Å². The first-order valence-corrected chi connectivity index (χ1v) is 11.8. The molecule has 2 heterocycles. The number of furan rings is 1. The van der Waals surface area contributed by atoms with Crippen LogP contribution in [0.25, 0.3) is 10.9 Å². The van der Waals surface area contributed by atoms with Gasteiger partial charge in [0.2, 0.25) is 5.91 Å². The van der Waals surface area contributed by atoms with E-state index in [0.29, 0.717) is 27.5 Å². The summed E-state index contributed by atoms with van der Waals surface area (Å²) in [6.45, 7) is 0.174. The van der Waals surface area contributed by atoms with Gasteiger partial charge in [-0.2, -0.15) is 0 Å². The topological polar surface area (TPSA) is 77.1 Å². The number of nitrogens with zero attached hydrogens (tertiary/aromatic N) is 2. The van der Waals surface area contributed by atoms with Crippen LogP contribution in [-0.4, -0.2) is 15.5 Å². The first-order chi connectivity index (χ1) is 17.1. The molecule has 5 aromatic rings. The summed E-state index contributed by atoms with van der Waals surface area (Å²) in [6.07, 6.45) is 1.55. The molecule has 35 heavy (non-hydrogen) atoms. The highest BCUT2D eigenvalue weighted by Gasteiger charge is 2.25. The SMILES string of the molecule is O=C(Nc1ccc(F)cc1)C(Sc1nc2ccccc2c(=O)n1Cc1ccco1)c1ccccc1. The summed E-state index contributed by atoms with van der Waals surface area (Å²) in [6, 6.07) is 25.5. The van der Waals surface area contributed by atoms with E-state index in [0.717, 1.165) is 5.56 Å². The Morgan fingerprint density at radius 2 is 1.71 bits per heavy atom. The molecule has 8 heteroatoms. The maximum Gasteiger partial charge on any atom is 0.262 e. The van der Waals surface area contributed by atoms with Crippen LogP contribution in [0.1, 0.15) is 16.6 Å². The van der Waals surface area contributed by atoms with E-state index in [-0.39, 0.29) is 23.8 Å². The molecular formula is C27H20FN3O3S. The smallest absolute Gasteiger partial charge is 0.262 e. The molecule has 0 radical (unpaired) electrons. The molecule has 5 rings (SSSR count). The van der Waals surface area contributed by atoms with Crippen LogP contribution < -0.4 is 10.9 Å². The molecule has 0 aliphatic heterocycles. The van der Waals surface area contributed by atoms with Crippen LogP contribution in [0.3, 0.4) is 0 Å². The number of hydrogen-bond acceptors (Lipinski definition) is 5. The standard InChI is InChI=1S/C27H20FN3O3S/c28-19-12-14-20(15-13-19)29-25(32)24(18-7-2-1-3-8-18)35-27-30-23-11-5-4-10-22(23)26(33)31(27)17-21-9-6-16-34-21/h1-16,24H,17H2,(H,29,32). The third-order valence-electron chi connectivity index (χ3n) is 5.40. The highest BCUT2D eigenvalue weighted by molar-refractivity contribution is 8.00. The number of benzene rings is 3. The Morgan fingerprint density at radius 1 is 0.971 bits per heavy atom. The highest BCUT2D eigenvalue weighted by Crippen LogP contribution is 2.35. The predicted molar refractivity (Wildman–Crippen MR) is 134 cm³/mol. The average Bonchev–Trinajstić information content (AvgIpc) is 3.40. The Balaban J connectivity index is 1.57. The van der Waals surface area contributed by atoms with Crippen LogP contribution in [0.4, 0.5) is 10.1 Å². The molecule has 0 aliphatic rings. The number of rotatable bonds is 7. The number of carbonyl (C=O) groups excluding carboxylic acids is 1. The lowest BCUT2D eigenvalue weighted by atomic mass is 10.1. The van der Waals surface area contributed by atoms with Gasteiger partial charge in [-0.05, 0) is 54.1 Å². The first kappa shape index (κ1) is 22.6. The van der Waals surface area contributed by atoms with E-state index < -0.39 is 5.25 Å². The lowest BCUT2D eigenvalue weighted by molar-refractivity contribution is -0.115. The van der Waals surface area contributed by atoms with Crippen molar-refractivity contribution >= 4 is 34.3 Å². The number of fused-ring (bicyclic) bond motifs is 1. The minimum Gasteiger partial charge on any atom is -0.467 e. The fraction of sp³-hybridized carbons (Fsp3) is 0.0741. The van der Waals surface area contributed by atoms with Crippen molar-refractivity contribution in [2.75, 3.05) is 5.32 Å². The van der Waals surface area contributed by atoms with Crippen molar-refractivity contribution in [1.29, 1.82) is 0 Å². The second-order valence-corrected chi connectivity index (χ2v) is 8.86. The number of thioether (sulfide) groups is 1. The Bertz CT molecular complexity index is 1520. The van der Waals surface area contributed by atoms with E-state index in [1.54, 1.807) is 36.6 Å². The molecule has 0 aliphatic carbocycles. The molecule has 3 aromatic carbocycles. The van der Waals surface area contributed by atoms with E-state index >= 15 is 0 Å². The maximum atomic E-state index is 13.4. The Hall–Kier alpha value is -4.17. The minimum absolute atomic E-state index is 0.174. The monoisotopic (exact) mass is 485 g/mol. The normalized spacial score (nSPS) is 11.9. The summed E-state index contributed by atoms with van der Waals surface area (Å²) >= 11 is 1.17. The predicted octanol–water partition coefficient (Wildman–Crippen LogP) is 5.65. The van der Waals surface area contributed by atoms with Gasteiger partial charge >= 0.3 is 0 Å². The third-order valence-corrected chi connectivity index (χ3v) is 6.64. The molecule has 1 unspecified atom stereocenters. The summed E-state index contributed by atoms with van der Waals surface area (Å²) in [5, 5.41) is 2.98. The number of aromatic nitrogens is 2. The van der Waals surface area contributed by atoms with Gasteiger partial charge in [0.1, 0.15) is 16.8 Å². The van der Waals surface area contributed by atoms with E-state index in [1.807, 2.05) is 36.4 Å². The second kappa shape index (κ2) is 9.99. The maximum absolute atomic E-state index is 13.4. The molecule has 6 nitrogen and oxygen atoms in total. The van der Waals surface area contributed by atoms with Crippen molar-refractivity contribution < 1.29 is 13.6 Å². The van der Waals surface area contributed by atoms with Gasteiger partial charge in [0.25, 0.3) is 5.56 Å². The number of hydrogen-bond donors (Lipinski definition) is 1. The lowest BCUT2D eigenvalue weighted by Gasteiger charge is -2.19. The van der Waals surface area contributed by atoms with Crippen LogP contribution in [0.5, 0.6) is 0 Å². The summed E-state index contributed by atoms with van der Waals surface area (Å²) in [7, 11) is 0. The Kier molecular flexibility index (Phi) is 6.45. The Morgan fingerprint density at radius 3 is 2.46 bits per heavy atom. The lowest BCUT2D eigenvalue weighted by Crippen LogP contribution is -2.25. The van der Waals surface area contributed by atoms with Gasteiger partial charge in [0, 0.05) is 5.69 Å². The van der Waals surface area contributed by atoms with Gasteiger partial charge in [0.15, 0.2) is 5.16 Å². The van der Waals surface area contributed by atoms with Crippen molar-refractivity contribution in [3.8, 4) is 0 Å². The van der Waals surface area contributed by atoms with Crippen LogP contribution in [-0.2, 0) is 11.3 Å². The zero-order valence-electron chi connectivity index (χ0n) is 18.4. The van der Waals surface area contributed by atoms with Crippen molar-refractivity contribution in [3.63, 3.8) is 0 Å². The molecular weight excluding hydrogens is 465 g/mol. The average molecular weight is 486 g/mol. The van der Waals surface area contributed by atoms with Crippen LogP contribution in [0.15, 0.2) is 112 Å². The number of carbonyl (C=O) groups is 1. The van der Waals surface area contributed by atoms with Gasteiger partial charge in [-0.15, -0.1) is 0 Å². The molecule has 0 spiro atoms. The van der Waals surface area contributed by atoms with E-state index in [4.69, 9.17) is 9.40 Å². The van der Waals surface area contributed by atoms with Crippen molar-refractivity contribution in [3.05, 3.63) is 125 Å². The highest BCUT2D eigenvalue weighted by atomic mass is 32.2. The second-order valence-electron chi connectivity index (χ2n) is 7.79. The Labute approximate surface area is 204 Å². The molecule has 1 atom stereocenters. The molecule has 0 saturated heterocycles. The number of halogens is 1. The quantitative estimate of drug-likeness (QED) is 0.238. The summed E-state index contributed by atoms with van der Waals surface area (Å²) < 4.78 is 20.3. The number of para-hydroxylation sites is 1. The fourth-order valence-electron chi connectivity index (χ4n) is 3.68. The zero-order chi connectivity index (χ0) is 24.2. The van der Waals surface area contributed by atoms with Crippen LogP contribution >= 0.6 is 11.8 Å². The number of anilines is 1. The largest absolute Gasteiger partial charge is 0.467 e. The summed E-state index contributed by atoms with van der Waals surface area (Å²) in [5.41, 5.74) is 1.53. The van der Waals surface area contributed by atoms with Gasteiger partial charge < -0.3 is 9.73 Å². The van der Waals surface area contributed by atoms with Crippen LogP contribution in [0, 0.1) is 5.82 Å². The molecule has 1 N–H and O–H groups in total. The zero-order valence-corrected chi connectivity index (χ0v) is 19.2. The fourth-order valence-corrected chi connectivity index (χ4v) is 4.78. The van der Waals surface area contributed by atoms with Gasteiger partial charge in [-0.25, -0.2) is 9.37 Å². The summed E-state index contributed by atoms with van der Waals surface area (Å²) in [4.78, 5) is 31.6.